The molecule has 2 aromatic carbocycles. The first-order valence-corrected chi connectivity index (χ1v) is 12.4. The van der Waals surface area contributed by atoms with Gasteiger partial charge in [0.2, 0.25) is 0 Å². The summed E-state index contributed by atoms with van der Waals surface area (Å²) in [5.41, 5.74) is 1.90. The number of hydrogen-bond donors (Lipinski definition) is 0. The third kappa shape index (κ3) is 8.34. The summed E-state index contributed by atoms with van der Waals surface area (Å²) in [5, 5.41) is 1.52. The smallest absolute Gasteiger partial charge is 0.744 e. The maximum Gasteiger partial charge on any atom is 1.00 e. The Morgan fingerprint density at radius 1 is 0.724 bits per heavy atom. The van der Waals surface area contributed by atoms with Crippen LogP contribution >= 0.6 is 0 Å². The van der Waals surface area contributed by atoms with E-state index in [2.05, 4.69) is 13.8 Å². The summed E-state index contributed by atoms with van der Waals surface area (Å²) in [5.74, 6) is 0. The monoisotopic (exact) mass is 426 g/mol. The fourth-order valence-corrected chi connectivity index (χ4v) is 4.94. The number of benzene rings is 2. The molecule has 3 nitrogen and oxygen atoms in total. The number of unbranched alkanes of at least 4 members (excludes halogenated alkanes) is 8. The fourth-order valence-electron chi connectivity index (χ4n) is 4.01. The molecule has 5 heteroatoms. The van der Waals surface area contributed by atoms with E-state index in [0.29, 0.717) is 17.4 Å². The molecule has 0 saturated heterocycles. The van der Waals surface area contributed by atoms with Crippen molar-refractivity contribution in [3.05, 3.63) is 41.5 Å². The minimum atomic E-state index is -4.51. The van der Waals surface area contributed by atoms with Crippen molar-refractivity contribution in [2.24, 2.45) is 0 Å². The van der Waals surface area contributed by atoms with Gasteiger partial charge in [-0.25, -0.2) is 8.42 Å². The van der Waals surface area contributed by atoms with Crippen molar-refractivity contribution < 1.29 is 42.5 Å². The molecular formula is C24H35NaO3S. The second-order valence-electron chi connectivity index (χ2n) is 7.85. The third-order valence-corrected chi connectivity index (χ3v) is 6.49. The van der Waals surface area contributed by atoms with Crippen LogP contribution in [0.1, 0.15) is 89.2 Å². The third-order valence-electron chi connectivity index (χ3n) is 5.51. The fraction of sp³-hybridized carbons (Fsp3) is 0.583. The Morgan fingerprint density at radius 3 is 1.72 bits per heavy atom. The van der Waals surface area contributed by atoms with Gasteiger partial charge in [0.25, 0.3) is 0 Å². The zero-order valence-corrected chi connectivity index (χ0v) is 21.3. The minimum absolute atomic E-state index is 0. The van der Waals surface area contributed by atoms with Crippen LogP contribution in [0.5, 0.6) is 0 Å². The quantitative estimate of drug-likeness (QED) is 0.278. The van der Waals surface area contributed by atoms with Crippen molar-refractivity contribution in [2.75, 3.05) is 0 Å². The molecule has 0 aromatic heterocycles. The van der Waals surface area contributed by atoms with Gasteiger partial charge in [0.05, 0.1) is 4.90 Å². The first kappa shape index (κ1) is 26.6. The van der Waals surface area contributed by atoms with E-state index in [1.165, 1.54) is 44.1 Å². The van der Waals surface area contributed by atoms with Crippen LogP contribution in [0.2, 0.25) is 0 Å². The molecule has 2 rings (SSSR count). The van der Waals surface area contributed by atoms with Crippen LogP contribution in [-0.2, 0) is 23.0 Å². The SMILES string of the molecule is CCCCCCCc1cc(CCCCCCC)c2ccccc2c1S(=O)(=O)[O-].[Na+]. The average molecular weight is 427 g/mol. The number of hydrogen-bond acceptors (Lipinski definition) is 3. The van der Waals surface area contributed by atoms with E-state index in [1.807, 2.05) is 24.3 Å². The normalized spacial score (nSPS) is 11.6. The summed E-state index contributed by atoms with van der Waals surface area (Å²) < 4.78 is 36.3. The average Bonchev–Trinajstić information content (AvgIpc) is 2.66. The predicted octanol–water partition coefficient (Wildman–Crippen LogP) is 3.77. The molecule has 0 bridgehead atoms. The molecule has 2 aromatic rings. The van der Waals surface area contributed by atoms with Crippen LogP contribution in [0.4, 0.5) is 0 Å². The van der Waals surface area contributed by atoms with Crippen LogP contribution in [0.3, 0.4) is 0 Å². The Kier molecular flexibility index (Phi) is 12.7. The summed E-state index contributed by atoms with van der Waals surface area (Å²) in [6.45, 7) is 4.39. The van der Waals surface area contributed by atoms with Gasteiger partial charge in [-0.1, -0.05) is 95.5 Å². The maximum absolute atomic E-state index is 12.1. The summed E-state index contributed by atoms with van der Waals surface area (Å²) in [4.78, 5) is 0.00771. The molecule has 0 amide bonds. The minimum Gasteiger partial charge on any atom is -0.744 e. The molecule has 0 heterocycles. The van der Waals surface area contributed by atoms with E-state index < -0.39 is 10.1 Å². The van der Waals surface area contributed by atoms with E-state index in [0.717, 1.165) is 37.5 Å². The molecule has 0 saturated carbocycles. The van der Waals surface area contributed by atoms with Gasteiger partial charge in [-0.15, -0.1) is 0 Å². The Balaban J connectivity index is 0.00000420. The first-order valence-electron chi connectivity index (χ1n) is 11.0. The Hall–Kier alpha value is -0.390. The summed E-state index contributed by atoms with van der Waals surface area (Å²) in [7, 11) is -4.51. The van der Waals surface area contributed by atoms with Crippen LogP contribution in [0.25, 0.3) is 10.8 Å². The van der Waals surface area contributed by atoms with Gasteiger partial charge >= 0.3 is 29.6 Å². The molecule has 0 aliphatic rings. The molecule has 0 radical (unpaired) electrons. The standard InChI is InChI=1S/C24H36O3S.Na/c1-3-5-7-9-11-15-20-19-21(16-12-10-8-6-4-2)24(28(25,26)27)23-18-14-13-17-22(20)23;/h13-14,17-19H,3-12,15-16H2,1-2H3,(H,25,26,27);/q;+1/p-1. The number of fused-ring (bicyclic) bond motifs is 1. The zero-order chi connectivity index (χ0) is 20.4. The molecule has 0 N–H and O–H groups in total. The van der Waals surface area contributed by atoms with Crippen LogP contribution in [-0.4, -0.2) is 13.0 Å². The van der Waals surface area contributed by atoms with E-state index in [9.17, 15) is 13.0 Å². The van der Waals surface area contributed by atoms with Gasteiger partial charge in [-0.2, -0.15) is 0 Å². The van der Waals surface area contributed by atoms with E-state index in [1.54, 1.807) is 6.07 Å². The van der Waals surface area contributed by atoms with E-state index in [-0.39, 0.29) is 34.5 Å². The molecule has 0 spiro atoms. The Morgan fingerprint density at radius 2 is 1.21 bits per heavy atom. The zero-order valence-electron chi connectivity index (χ0n) is 18.5. The summed E-state index contributed by atoms with van der Waals surface area (Å²) in [6.07, 6.45) is 13.2. The van der Waals surface area contributed by atoms with Gasteiger partial charge in [0, 0.05) is 0 Å². The Bertz CT molecular complexity index is 847. The largest absolute Gasteiger partial charge is 1.00 e. The molecule has 0 atom stereocenters. The van der Waals surface area contributed by atoms with Gasteiger partial charge in [-0.05, 0) is 47.6 Å². The molecule has 29 heavy (non-hydrogen) atoms. The van der Waals surface area contributed by atoms with Crippen LogP contribution in [0.15, 0.2) is 35.2 Å². The topological polar surface area (TPSA) is 57.2 Å². The van der Waals surface area contributed by atoms with Gasteiger partial charge in [-0.3, -0.25) is 0 Å². The van der Waals surface area contributed by atoms with Crippen LogP contribution < -0.4 is 29.6 Å². The second-order valence-corrected chi connectivity index (χ2v) is 9.17. The number of aryl methyl sites for hydroxylation is 2. The Labute approximate surface area is 199 Å². The molecular weight excluding hydrogens is 391 g/mol. The molecule has 0 fully saturated rings. The first-order chi connectivity index (χ1) is 13.5. The summed E-state index contributed by atoms with van der Waals surface area (Å²) >= 11 is 0. The van der Waals surface area contributed by atoms with Gasteiger partial charge < -0.3 is 4.55 Å². The number of rotatable bonds is 13. The molecule has 156 valence electrons. The van der Waals surface area contributed by atoms with Crippen molar-refractivity contribution in [2.45, 2.75) is 95.8 Å². The van der Waals surface area contributed by atoms with Gasteiger partial charge in [0.15, 0.2) is 0 Å². The maximum atomic E-state index is 12.1. The van der Waals surface area contributed by atoms with E-state index in [4.69, 9.17) is 0 Å². The second kappa shape index (κ2) is 13.8. The molecule has 0 unspecified atom stereocenters. The molecule has 0 aliphatic carbocycles. The van der Waals surface area contributed by atoms with Crippen molar-refractivity contribution >= 4 is 20.9 Å². The van der Waals surface area contributed by atoms with E-state index >= 15 is 0 Å². The van der Waals surface area contributed by atoms with Crippen molar-refractivity contribution in [3.63, 3.8) is 0 Å². The van der Waals surface area contributed by atoms with Gasteiger partial charge in [0.1, 0.15) is 10.1 Å². The molecule has 0 aliphatic heterocycles. The van der Waals surface area contributed by atoms with Crippen molar-refractivity contribution in [1.82, 2.24) is 0 Å². The summed E-state index contributed by atoms with van der Waals surface area (Å²) in [6, 6.07) is 9.51. The van der Waals surface area contributed by atoms with Crippen LogP contribution in [0, 0.1) is 0 Å². The van der Waals surface area contributed by atoms with Crippen molar-refractivity contribution in [1.29, 1.82) is 0 Å². The predicted molar refractivity (Wildman–Crippen MR) is 117 cm³/mol. The van der Waals surface area contributed by atoms with Crippen molar-refractivity contribution in [3.8, 4) is 0 Å².